The van der Waals surface area contributed by atoms with Gasteiger partial charge in [0.25, 0.3) is 0 Å². The molecule has 1 saturated heterocycles. The van der Waals surface area contributed by atoms with E-state index in [4.69, 9.17) is 4.74 Å². The van der Waals surface area contributed by atoms with E-state index >= 15 is 0 Å². The van der Waals surface area contributed by atoms with E-state index in [9.17, 15) is 10.1 Å². The van der Waals surface area contributed by atoms with E-state index in [-0.39, 0.29) is 17.6 Å². The Kier molecular flexibility index (Phi) is 4.67. The summed E-state index contributed by atoms with van der Waals surface area (Å²) in [6, 6.07) is 0. The number of hydrogen-bond donors (Lipinski definition) is 1. The Bertz CT molecular complexity index is 482. The first-order chi connectivity index (χ1) is 9.67. The van der Waals surface area contributed by atoms with Gasteiger partial charge in [-0.1, -0.05) is 6.92 Å². The summed E-state index contributed by atoms with van der Waals surface area (Å²) in [4.78, 5) is 20.9. The number of nitro groups is 1. The number of rotatable bonds is 6. The van der Waals surface area contributed by atoms with Gasteiger partial charge < -0.3 is 15.0 Å². The molecule has 1 fully saturated rings. The van der Waals surface area contributed by atoms with Gasteiger partial charge in [-0.3, -0.25) is 10.1 Å². The summed E-state index contributed by atoms with van der Waals surface area (Å²) >= 11 is 0. The van der Waals surface area contributed by atoms with E-state index in [0.717, 1.165) is 12.8 Å². The van der Waals surface area contributed by atoms with Gasteiger partial charge in [-0.15, -0.1) is 0 Å². The van der Waals surface area contributed by atoms with Crippen LogP contribution in [0, 0.1) is 10.1 Å². The van der Waals surface area contributed by atoms with E-state index in [2.05, 4.69) is 15.3 Å². The highest BCUT2D eigenvalue weighted by atomic mass is 16.6. The van der Waals surface area contributed by atoms with Crippen LogP contribution < -0.4 is 10.2 Å². The minimum Gasteiger partial charge on any atom is -0.380 e. The second kappa shape index (κ2) is 6.47. The fourth-order valence-corrected chi connectivity index (χ4v) is 2.25. The SMILES string of the molecule is CCCNc1ncnc(N2CCC(OC)C2)c1[N+](=O)[O-]. The van der Waals surface area contributed by atoms with Crippen molar-refractivity contribution in [1.29, 1.82) is 0 Å². The molecule has 0 bridgehead atoms. The van der Waals surface area contributed by atoms with Crippen LogP contribution in [0.4, 0.5) is 17.3 Å². The quantitative estimate of drug-likeness (QED) is 0.622. The maximum absolute atomic E-state index is 11.3. The summed E-state index contributed by atoms with van der Waals surface area (Å²) in [6.45, 7) is 3.94. The zero-order valence-corrected chi connectivity index (χ0v) is 11.7. The topological polar surface area (TPSA) is 93.4 Å². The van der Waals surface area contributed by atoms with Crippen molar-refractivity contribution in [1.82, 2.24) is 9.97 Å². The van der Waals surface area contributed by atoms with E-state index in [1.807, 2.05) is 11.8 Å². The molecular weight excluding hydrogens is 262 g/mol. The molecule has 20 heavy (non-hydrogen) atoms. The summed E-state index contributed by atoms with van der Waals surface area (Å²) in [7, 11) is 1.65. The fraction of sp³-hybridized carbons (Fsp3) is 0.667. The van der Waals surface area contributed by atoms with Gasteiger partial charge in [0.15, 0.2) is 0 Å². The van der Waals surface area contributed by atoms with E-state index in [0.29, 0.717) is 25.5 Å². The monoisotopic (exact) mass is 281 g/mol. The highest BCUT2D eigenvalue weighted by Crippen LogP contribution is 2.33. The molecular formula is C12H19N5O3. The minimum atomic E-state index is -0.423. The Hall–Kier alpha value is -1.96. The van der Waals surface area contributed by atoms with Crippen LogP contribution in [0.3, 0.4) is 0 Å². The number of nitrogens with one attached hydrogen (secondary N) is 1. The predicted octanol–water partition coefficient (Wildman–Crippen LogP) is 1.43. The third-order valence-electron chi connectivity index (χ3n) is 3.31. The first-order valence-corrected chi connectivity index (χ1v) is 6.68. The standard InChI is InChI=1S/C12H19N5O3/c1-3-5-13-11-10(17(18)19)12(15-8-14-11)16-6-4-9(7-16)20-2/h8-9H,3-7H2,1-2H3,(H,13,14,15). The molecule has 0 aliphatic carbocycles. The van der Waals surface area contributed by atoms with Crippen LogP contribution in [0.5, 0.6) is 0 Å². The maximum atomic E-state index is 11.3. The van der Waals surface area contributed by atoms with Gasteiger partial charge in [0.2, 0.25) is 11.6 Å². The van der Waals surface area contributed by atoms with Gasteiger partial charge in [-0.25, -0.2) is 9.97 Å². The zero-order chi connectivity index (χ0) is 14.5. The van der Waals surface area contributed by atoms with Gasteiger partial charge in [-0.2, -0.15) is 0 Å². The molecule has 1 N–H and O–H groups in total. The molecule has 1 aliphatic rings. The summed E-state index contributed by atoms with van der Waals surface area (Å²) in [5.74, 6) is 0.644. The van der Waals surface area contributed by atoms with Crippen LogP contribution in [-0.4, -0.2) is 47.7 Å². The Morgan fingerprint density at radius 3 is 3.00 bits per heavy atom. The third kappa shape index (κ3) is 2.96. The Labute approximate surface area is 117 Å². The van der Waals surface area contributed by atoms with Crippen molar-refractivity contribution < 1.29 is 9.66 Å². The number of methoxy groups -OCH3 is 1. The van der Waals surface area contributed by atoms with Crippen LogP contribution in [0.25, 0.3) is 0 Å². The predicted molar refractivity (Wildman–Crippen MR) is 75.1 cm³/mol. The van der Waals surface area contributed by atoms with Crippen LogP contribution >= 0.6 is 0 Å². The molecule has 1 atom stereocenters. The molecule has 0 saturated carbocycles. The third-order valence-corrected chi connectivity index (χ3v) is 3.31. The zero-order valence-electron chi connectivity index (χ0n) is 11.7. The molecule has 0 spiro atoms. The first kappa shape index (κ1) is 14.4. The highest BCUT2D eigenvalue weighted by molar-refractivity contribution is 5.70. The lowest BCUT2D eigenvalue weighted by Gasteiger charge is -2.17. The van der Waals surface area contributed by atoms with Crippen molar-refractivity contribution in [2.24, 2.45) is 0 Å². The van der Waals surface area contributed by atoms with Crippen molar-refractivity contribution in [2.75, 3.05) is 37.0 Å². The lowest BCUT2D eigenvalue weighted by Crippen LogP contribution is -2.24. The van der Waals surface area contributed by atoms with Gasteiger partial charge in [0.1, 0.15) is 6.33 Å². The van der Waals surface area contributed by atoms with E-state index in [1.54, 1.807) is 7.11 Å². The van der Waals surface area contributed by atoms with Gasteiger partial charge in [-0.05, 0) is 12.8 Å². The molecule has 8 heteroatoms. The molecule has 1 aromatic rings. The van der Waals surface area contributed by atoms with Crippen molar-refractivity contribution in [3.63, 3.8) is 0 Å². The molecule has 1 aliphatic heterocycles. The van der Waals surface area contributed by atoms with Crippen molar-refractivity contribution >= 4 is 17.3 Å². The average molecular weight is 281 g/mol. The van der Waals surface area contributed by atoms with Crippen molar-refractivity contribution in [3.8, 4) is 0 Å². The number of anilines is 2. The number of aromatic nitrogens is 2. The van der Waals surface area contributed by atoms with Gasteiger partial charge in [0.05, 0.1) is 11.0 Å². The van der Waals surface area contributed by atoms with Crippen molar-refractivity contribution in [2.45, 2.75) is 25.9 Å². The Morgan fingerprint density at radius 2 is 2.40 bits per heavy atom. The number of nitrogens with zero attached hydrogens (tertiary/aromatic N) is 4. The molecule has 1 unspecified atom stereocenters. The van der Waals surface area contributed by atoms with Crippen LogP contribution in [0.2, 0.25) is 0 Å². The number of hydrogen-bond acceptors (Lipinski definition) is 7. The molecule has 2 rings (SSSR count). The molecule has 2 heterocycles. The molecule has 110 valence electrons. The second-order valence-electron chi connectivity index (χ2n) is 4.67. The lowest BCUT2D eigenvalue weighted by molar-refractivity contribution is -0.383. The number of ether oxygens (including phenoxy) is 1. The van der Waals surface area contributed by atoms with E-state index < -0.39 is 4.92 Å². The Morgan fingerprint density at radius 1 is 1.60 bits per heavy atom. The highest BCUT2D eigenvalue weighted by Gasteiger charge is 2.31. The summed E-state index contributed by atoms with van der Waals surface area (Å²) in [5, 5.41) is 14.3. The van der Waals surface area contributed by atoms with Gasteiger partial charge >= 0.3 is 5.69 Å². The average Bonchev–Trinajstić information content (AvgIpc) is 2.93. The summed E-state index contributed by atoms with van der Waals surface area (Å²) in [6.07, 6.45) is 3.17. The largest absolute Gasteiger partial charge is 0.380 e. The van der Waals surface area contributed by atoms with Crippen LogP contribution in [0.15, 0.2) is 6.33 Å². The van der Waals surface area contributed by atoms with Crippen LogP contribution in [0.1, 0.15) is 19.8 Å². The smallest absolute Gasteiger partial charge is 0.353 e. The fourth-order valence-electron chi connectivity index (χ4n) is 2.25. The normalized spacial score (nSPS) is 18.3. The molecule has 1 aromatic heterocycles. The maximum Gasteiger partial charge on any atom is 0.353 e. The summed E-state index contributed by atoms with van der Waals surface area (Å²) in [5.41, 5.74) is -0.0577. The molecule has 0 amide bonds. The second-order valence-corrected chi connectivity index (χ2v) is 4.67. The minimum absolute atomic E-state index is 0.0577. The lowest BCUT2D eigenvalue weighted by atomic mass is 10.3. The van der Waals surface area contributed by atoms with Crippen molar-refractivity contribution in [3.05, 3.63) is 16.4 Å². The first-order valence-electron chi connectivity index (χ1n) is 6.68. The van der Waals surface area contributed by atoms with E-state index in [1.165, 1.54) is 6.33 Å². The molecule has 0 radical (unpaired) electrons. The Balaban J connectivity index is 2.30. The summed E-state index contributed by atoms with van der Waals surface area (Å²) < 4.78 is 5.29. The molecule has 8 nitrogen and oxygen atoms in total. The van der Waals surface area contributed by atoms with Gasteiger partial charge in [0, 0.05) is 26.7 Å². The molecule has 0 aromatic carbocycles. The van der Waals surface area contributed by atoms with Crippen LogP contribution in [-0.2, 0) is 4.74 Å².